The number of thiazole rings is 1. The molecule has 5 heteroatoms. The largest absolute Gasteiger partial charge is 0.461 e. The maximum absolute atomic E-state index is 11.3. The Morgan fingerprint density at radius 2 is 2.53 bits per heavy atom. The van der Waals surface area contributed by atoms with Gasteiger partial charge in [0.1, 0.15) is 5.01 Å². The number of carbonyl (C=O) groups excluding carboxylic acids is 1. The number of halogens is 1. The van der Waals surface area contributed by atoms with Gasteiger partial charge in [0.15, 0.2) is 5.69 Å². The molecule has 0 fully saturated rings. The van der Waals surface area contributed by atoms with Crippen LogP contribution in [-0.2, 0) is 4.74 Å². The summed E-state index contributed by atoms with van der Waals surface area (Å²) in [6.07, 6.45) is 4.59. The molecule has 1 rings (SSSR count). The first-order valence-electron chi connectivity index (χ1n) is 4.63. The van der Waals surface area contributed by atoms with Crippen LogP contribution in [0.2, 0.25) is 0 Å². The Labute approximate surface area is 97.7 Å². The van der Waals surface area contributed by atoms with Gasteiger partial charge in [-0.1, -0.05) is 6.08 Å². The number of hydrogen-bond donors (Lipinski definition) is 0. The second-order valence-corrected chi connectivity index (χ2v) is 3.94. The quantitative estimate of drug-likeness (QED) is 0.591. The molecule has 0 saturated carbocycles. The van der Waals surface area contributed by atoms with Crippen LogP contribution in [0, 0.1) is 0 Å². The van der Waals surface area contributed by atoms with Gasteiger partial charge < -0.3 is 4.74 Å². The van der Waals surface area contributed by atoms with E-state index in [2.05, 4.69) is 4.98 Å². The number of nitrogens with zero attached hydrogens (tertiary/aromatic N) is 1. The zero-order chi connectivity index (χ0) is 11.1. The van der Waals surface area contributed by atoms with Crippen LogP contribution in [0.25, 0.3) is 6.08 Å². The van der Waals surface area contributed by atoms with Crippen LogP contribution in [0.15, 0.2) is 11.5 Å². The minimum atomic E-state index is -0.370. The summed E-state index contributed by atoms with van der Waals surface area (Å²) in [6.45, 7) is 2.14. The van der Waals surface area contributed by atoms with Crippen molar-refractivity contribution in [3.05, 3.63) is 22.2 Å². The highest BCUT2D eigenvalue weighted by Gasteiger charge is 2.09. The first-order chi connectivity index (χ1) is 7.27. The molecule has 0 unspecified atom stereocenters. The number of carbonyl (C=O) groups is 1. The number of aromatic nitrogens is 1. The number of alkyl halides is 1. The number of allylic oxidation sites excluding steroid dienone is 1. The molecular weight excluding hydrogens is 234 g/mol. The van der Waals surface area contributed by atoms with Crippen molar-refractivity contribution in [2.75, 3.05) is 12.5 Å². The highest BCUT2D eigenvalue weighted by molar-refractivity contribution is 7.10. The fourth-order valence-electron chi connectivity index (χ4n) is 0.910. The normalized spacial score (nSPS) is 10.8. The van der Waals surface area contributed by atoms with Gasteiger partial charge in [0.25, 0.3) is 0 Å². The van der Waals surface area contributed by atoms with E-state index in [1.165, 1.54) is 11.3 Å². The van der Waals surface area contributed by atoms with Crippen LogP contribution in [-0.4, -0.2) is 23.4 Å². The molecule has 3 nitrogen and oxygen atoms in total. The fraction of sp³-hybridized carbons (Fsp3) is 0.400. The topological polar surface area (TPSA) is 39.2 Å². The molecule has 0 radical (unpaired) electrons. The third-order valence-corrected chi connectivity index (χ3v) is 2.57. The lowest BCUT2D eigenvalue weighted by Gasteiger charge is -1.95. The van der Waals surface area contributed by atoms with Crippen molar-refractivity contribution >= 4 is 35.0 Å². The Morgan fingerprint density at radius 1 is 1.73 bits per heavy atom. The average molecular weight is 246 g/mol. The Kier molecular flexibility index (Phi) is 5.36. The second kappa shape index (κ2) is 6.58. The monoisotopic (exact) mass is 245 g/mol. The fourth-order valence-corrected chi connectivity index (χ4v) is 1.74. The molecule has 1 heterocycles. The molecular formula is C10H12ClNO2S. The van der Waals surface area contributed by atoms with Crippen LogP contribution in [0.5, 0.6) is 0 Å². The minimum absolute atomic E-state index is 0.368. The van der Waals surface area contributed by atoms with Crippen LogP contribution in [0.3, 0.4) is 0 Å². The number of rotatable bonds is 5. The van der Waals surface area contributed by atoms with Crippen molar-refractivity contribution in [2.24, 2.45) is 0 Å². The smallest absolute Gasteiger partial charge is 0.357 e. The van der Waals surface area contributed by atoms with E-state index in [9.17, 15) is 4.79 Å². The molecule has 0 aliphatic heterocycles. The first-order valence-corrected chi connectivity index (χ1v) is 6.04. The Hall–Kier alpha value is -0.870. The Bertz CT molecular complexity index is 349. The maximum atomic E-state index is 11.3. The molecule has 0 amide bonds. The number of ether oxygens (including phenoxy) is 1. The molecule has 0 aromatic carbocycles. The zero-order valence-electron chi connectivity index (χ0n) is 8.40. The van der Waals surface area contributed by atoms with Gasteiger partial charge in [-0.15, -0.1) is 22.9 Å². The molecule has 82 valence electrons. The summed E-state index contributed by atoms with van der Waals surface area (Å²) in [5.41, 5.74) is 0.368. The Balaban J connectivity index is 2.59. The SMILES string of the molecule is CCOC(=O)c1csc(C=CCCCl)n1. The van der Waals surface area contributed by atoms with E-state index in [0.29, 0.717) is 18.2 Å². The van der Waals surface area contributed by atoms with Crippen molar-refractivity contribution in [2.45, 2.75) is 13.3 Å². The van der Waals surface area contributed by atoms with Gasteiger partial charge in [0, 0.05) is 11.3 Å². The summed E-state index contributed by atoms with van der Waals surface area (Å²) in [6, 6.07) is 0. The molecule has 15 heavy (non-hydrogen) atoms. The minimum Gasteiger partial charge on any atom is -0.461 e. The zero-order valence-corrected chi connectivity index (χ0v) is 9.98. The third kappa shape index (κ3) is 4.01. The van der Waals surface area contributed by atoms with Crippen molar-refractivity contribution in [1.82, 2.24) is 4.98 Å². The lowest BCUT2D eigenvalue weighted by atomic mass is 10.4. The predicted octanol–water partition coefficient (Wildman–Crippen LogP) is 2.96. The summed E-state index contributed by atoms with van der Waals surface area (Å²) in [5, 5.41) is 2.49. The summed E-state index contributed by atoms with van der Waals surface area (Å²) >= 11 is 6.93. The van der Waals surface area contributed by atoms with E-state index in [1.807, 2.05) is 12.2 Å². The molecule has 0 N–H and O–H groups in total. The average Bonchev–Trinajstić information content (AvgIpc) is 2.67. The van der Waals surface area contributed by atoms with E-state index in [-0.39, 0.29) is 5.97 Å². The van der Waals surface area contributed by atoms with Gasteiger partial charge in [-0.05, 0) is 19.4 Å². The van der Waals surface area contributed by atoms with Gasteiger partial charge in [-0.3, -0.25) is 0 Å². The van der Waals surface area contributed by atoms with Crippen molar-refractivity contribution < 1.29 is 9.53 Å². The van der Waals surface area contributed by atoms with Crippen molar-refractivity contribution in [3.63, 3.8) is 0 Å². The standard InChI is InChI=1S/C10H12ClNO2S/c1-2-14-10(13)8-7-15-9(12-8)5-3-4-6-11/h3,5,7H,2,4,6H2,1H3. The molecule has 0 aliphatic carbocycles. The van der Waals surface area contributed by atoms with Crippen LogP contribution in [0.4, 0.5) is 0 Å². The van der Waals surface area contributed by atoms with Crippen LogP contribution < -0.4 is 0 Å². The van der Waals surface area contributed by atoms with E-state index in [1.54, 1.807) is 12.3 Å². The van der Waals surface area contributed by atoms with Crippen molar-refractivity contribution in [1.29, 1.82) is 0 Å². The predicted molar refractivity (Wildman–Crippen MR) is 62.4 cm³/mol. The lowest BCUT2D eigenvalue weighted by molar-refractivity contribution is 0.0520. The van der Waals surface area contributed by atoms with Gasteiger partial charge in [0.2, 0.25) is 0 Å². The number of hydrogen-bond acceptors (Lipinski definition) is 4. The van der Waals surface area contributed by atoms with E-state index < -0.39 is 0 Å². The third-order valence-electron chi connectivity index (χ3n) is 1.54. The molecule has 0 aliphatic rings. The molecule has 1 aromatic heterocycles. The van der Waals surface area contributed by atoms with Crippen LogP contribution >= 0.6 is 22.9 Å². The second-order valence-electron chi connectivity index (χ2n) is 2.67. The van der Waals surface area contributed by atoms with Gasteiger partial charge in [0.05, 0.1) is 6.61 Å². The summed E-state index contributed by atoms with van der Waals surface area (Å²) in [5.74, 6) is 0.220. The maximum Gasteiger partial charge on any atom is 0.357 e. The first kappa shape index (κ1) is 12.2. The van der Waals surface area contributed by atoms with E-state index in [0.717, 1.165) is 11.4 Å². The summed E-state index contributed by atoms with van der Waals surface area (Å²) < 4.78 is 4.83. The van der Waals surface area contributed by atoms with Crippen LogP contribution in [0.1, 0.15) is 28.8 Å². The molecule has 1 aromatic rings. The Morgan fingerprint density at radius 3 is 3.20 bits per heavy atom. The summed E-state index contributed by atoms with van der Waals surface area (Å²) in [7, 11) is 0. The van der Waals surface area contributed by atoms with Gasteiger partial charge >= 0.3 is 5.97 Å². The van der Waals surface area contributed by atoms with Crippen molar-refractivity contribution in [3.8, 4) is 0 Å². The number of esters is 1. The molecule has 0 saturated heterocycles. The van der Waals surface area contributed by atoms with E-state index in [4.69, 9.17) is 16.3 Å². The molecule has 0 spiro atoms. The highest BCUT2D eigenvalue weighted by atomic mass is 35.5. The summed E-state index contributed by atoms with van der Waals surface area (Å²) in [4.78, 5) is 15.4. The molecule has 0 bridgehead atoms. The van der Waals surface area contributed by atoms with Gasteiger partial charge in [-0.25, -0.2) is 9.78 Å². The van der Waals surface area contributed by atoms with Gasteiger partial charge in [-0.2, -0.15) is 0 Å². The lowest BCUT2D eigenvalue weighted by Crippen LogP contribution is -2.04. The van der Waals surface area contributed by atoms with E-state index >= 15 is 0 Å². The molecule has 0 atom stereocenters. The highest BCUT2D eigenvalue weighted by Crippen LogP contribution is 2.12.